The zero-order valence-electron chi connectivity index (χ0n) is 9.21. The molecule has 1 saturated heterocycles. The summed E-state index contributed by atoms with van der Waals surface area (Å²) in [7, 11) is 0. The van der Waals surface area contributed by atoms with Crippen LogP contribution in [-0.2, 0) is 9.53 Å². The lowest BCUT2D eigenvalue weighted by Gasteiger charge is -2.51. The first-order chi connectivity index (χ1) is 6.65. The molecule has 0 bridgehead atoms. The Bertz CT molecular complexity index is 218. The molecule has 2 fully saturated rings. The van der Waals surface area contributed by atoms with Crippen molar-refractivity contribution in [2.24, 2.45) is 17.3 Å². The maximum atomic E-state index is 11.2. The molecule has 1 saturated carbocycles. The van der Waals surface area contributed by atoms with Gasteiger partial charge in [0.05, 0.1) is 13.2 Å². The molecular formula is C12H20O2. The van der Waals surface area contributed by atoms with Crippen LogP contribution in [0.5, 0.6) is 0 Å². The molecule has 80 valence electrons. The predicted molar refractivity (Wildman–Crippen MR) is 55.1 cm³/mol. The standard InChI is InChI=1S/C12H20O2/c1-9(2)12(7-14-8-12)10-3-5-11(13)6-4-10/h9-10H,3-8H2,1-2H3. The summed E-state index contributed by atoms with van der Waals surface area (Å²) in [6.07, 6.45) is 3.80. The quantitative estimate of drug-likeness (QED) is 0.678. The molecule has 2 heteroatoms. The predicted octanol–water partition coefficient (Wildman–Crippen LogP) is 2.42. The van der Waals surface area contributed by atoms with Crippen molar-refractivity contribution in [1.29, 1.82) is 0 Å². The van der Waals surface area contributed by atoms with Gasteiger partial charge in [0.25, 0.3) is 0 Å². The van der Waals surface area contributed by atoms with E-state index in [0.29, 0.717) is 17.1 Å². The summed E-state index contributed by atoms with van der Waals surface area (Å²) in [5.74, 6) is 1.88. The molecule has 14 heavy (non-hydrogen) atoms. The first kappa shape index (κ1) is 10.2. The molecule has 0 aromatic carbocycles. The molecular weight excluding hydrogens is 176 g/mol. The Morgan fingerprint density at radius 3 is 2.21 bits per heavy atom. The van der Waals surface area contributed by atoms with E-state index in [1.165, 1.54) is 0 Å². The van der Waals surface area contributed by atoms with E-state index in [-0.39, 0.29) is 0 Å². The van der Waals surface area contributed by atoms with Gasteiger partial charge < -0.3 is 4.74 Å². The molecule has 1 heterocycles. The Morgan fingerprint density at radius 2 is 1.86 bits per heavy atom. The van der Waals surface area contributed by atoms with Crippen LogP contribution in [0.15, 0.2) is 0 Å². The molecule has 0 spiro atoms. The highest BCUT2D eigenvalue weighted by atomic mass is 16.5. The van der Waals surface area contributed by atoms with Gasteiger partial charge >= 0.3 is 0 Å². The van der Waals surface area contributed by atoms with Crippen molar-refractivity contribution in [3.05, 3.63) is 0 Å². The van der Waals surface area contributed by atoms with E-state index in [0.717, 1.165) is 44.8 Å². The molecule has 0 atom stereocenters. The Balaban J connectivity index is 2.02. The maximum absolute atomic E-state index is 11.2. The van der Waals surface area contributed by atoms with Gasteiger partial charge in [-0.15, -0.1) is 0 Å². The first-order valence-corrected chi connectivity index (χ1v) is 5.74. The number of carbonyl (C=O) groups is 1. The molecule has 2 aliphatic rings. The van der Waals surface area contributed by atoms with Crippen LogP contribution in [0.4, 0.5) is 0 Å². The number of hydrogen-bond donors (Lipinski definition) is 0. The lowest BCUT2D eigenvalue weighted by atomic mass is 9.61. The van der Waals surface area contributed by atoms with Crippen molar-refractivity contribution >= 4 is 5.78 Å². The van der Waals surface area contributed by atoms with Gasteiger partial charge in [-0.05, 0) is 24.7 Å². The van der Waals surface area contributed by atoms with Crippen molar-refractivity contribution in [1.82, 2.24) is 0 Å². The monoisotopic (exact) mass is 196 g/mol. The Kier molecular flexibility index (Phi) is 2.65. The average molecular weight is 196 g/mol. The van der Waals surface area contributed by atoms with Crippen molar-refractivity contribution in [2.45, 2.75) is 39.5 Å². The summed E-state index contributed by atoms with van der Waals surface area (Å²) >= 11 is 0. The molecule has 0 N–H and O–H groups in total. The number of rotatable bonds is 2. The van der Waals surface area contributed by atoms with Crippen LogP contribution in [0.1, 0.15) is 39.5 Å². The molecule has 0 aromatic heterocycles. The summed E-state index contributed by atoms with van der Waals surface area (Å²) in [5, 5.41) is 0. The normalized spacial score (nSPS) is 27.8. The Morgan fingerprint density at radius 1 is 1.29 bits per heavy atom. The number of ether oxygens (including phenoxy) is 1. The van der Waals surface area contributed by atoms with E-state index < -0.39 is 0 Å². The minimum atomic E-state index is 0.403. The molecule has 0 aromatic rings. The summed E-state index contributed by atoms with van der Waals surface area (Å²) in [6.45, 7) is 6.42. The summed E-state index contributed by atoms with van der Waals surface area (Å²) in [5.41, 5.74) is 0.403. The average Bonchev–Trinajstić information content (AvgIpc) is 2.05. The van der Waals surface area contributed by atoms with Gasteiger partial charge in [-0.2, -0.15) is 0 Å². The van der Waals surface area contributed by atoms with Crippen LogP contribution in [0.2, 0.25) is 0 Å². The number of hydrogen-bond acceptors (Lipinski definition) is 2. The van der Waals surface area contributed by atoms with E-state index >= 15 is 0 Å². The first-order valence-electron chi connectivity index (χ1n) is 5.74. The van der Waals surface area contributed by atoms with Crippen molar-refractivity contribution in [3.8, 4) is 0 Å². The molecule has 2 rings (SSSR count). The molecule has 1 aliphatic heterocycles. The van der Waals surface area contributed by atoms with Gasteiger partial charge in [0.2, 0.25) is 0 Å². The van der Waals surface area contributed by atoms with Gasteiger partial charge in [0.15, 0.2) is 0 Å². The fourth-order valence-electron chi connectivity index (χ4n) is 2.89. The third-order valence-corrected chi connectivity index (χ3v) is 4.25. The molecule has 0 unspecified atom stereocenters. The second-order valence-electron chi connectivity index (χ2n) is 5.19. The molecule has 0 amide bonds. The zero-order valence-corrected chi connectivity index (χ0v) is 9.21. The highest BCUT2D eigenvalue weighted by molar-refractivity contribution is 5.79. The minimum Gasteiger partial charge on any atom is -0.380 e. The van der Waals surface area contributed by atoms with Crippen molar-refractivity contribution < 1.29 is 9.53 Å². The van der Waals surface area contributed by atoms with Crippen LogP contribution >= 0.6 is 0 Å². The smallest absolute Gasteiger partial charge is 0.132 e. The summed E-state index contributed by atoms with van der Waals surface area (Å²) in [4.78, 5) is 11.2. The van der Waals surface area contributed by atoms with E-state index in [9.17, 15) is 4.79 Å². The minimum absolute atomic E-state index is 0.403. The molecule has 0 radical (unpaired) electrons. The third-order valence-electron chi connectivity index (χ3n) is 4.25. The van der Waals surface area contributed by atoms with Crippen molar-refractivity contribution in [3.63, 3.8) is 0 Å². The highest BCUT2D eigenvalue weighted by Crippen LogP contribution is 2.48. The van der Waals surface area contributed by atoms with Crippen LogP contribution in [0.3, 0.4) is 0 Å². The second-order valence-corrected chi connectivity index (χ2v) is 5.19. The van der Waals surface area contributed by atoms with Crippen LogP contribution in [-0.4, -0.2) is 19.0 Å². The third kappa shape index (κ3) is 1.50. The van der Waals surface area contributed by atoms with Gasteiger partial charge in [0.1, 0.15) is 5.78 Å². The van der Waals surface area contributed by atoms with Crippen LogP contribution in [0, 0.1) is 17.3 Å². The van der Waals surface area contributed by atoms with E-state index in [1.54, 1.807) is 0 Å². The van der Waals surface area contributed by atoms with Crippen LogP contribution in [0.25, 0.3) is 0 Å². The van der Waals surface area contributed by atoms with Gasteiger partial charge in [-0.25, -0.2) is 0 Å². The zero-order chi connectivity index (χ0) is 10.2. The maximum Gasteiger partial charge on any atom is 0.132 e. The van der Waals surface area contributed by atoms with Crippen molar-refractivity contribution in [2.75, 3.05) is 13.2 Å². The number of carbonyl (C=O) groups excluding carboxylic acids is 1. The lowest BCUT2D eigenvalue weighted by Crippen LogP contribution is -2.53. The Hall–Kier alpha value is -0.370. The van der Waals surface area contributed by atoms with E-state index in [4.69, 9.17) is 4.74 Å². The van der Waals surface area contributed by atoms with E-state index in [2.05, 4.69) is 13.8 Å². The fraction of sp³-hybridized carbons (Fsp3) is 0.917. The molecule has 2 nitrogen and oxygen atoms in total. The summed E-state index contributed by atoms with van der Waals surface area (Å²) < 4.78 is 5.39. The fourth-order valence-corrected chi connectivity index (χ4v) is 2.89. The van der Waals surface area contributed by atoms with Gasteiger partial charge in [-0.3, -0.25) is 4.79 Å². The molecule has 1 aliphatic carbocycles. The Labute approximate surface area is 86.0 Å². The lowest BCUT2D eigenvalue weighted by molar-refractivity contribution is -0.178. The second kappa shape index (κ2) is 3.65. The SMILES string of the molecule is CC(C)C1(C2CCC(=O)CC2)COC1. The number of Topliss-reactive ketones (excluding diaryl/α,β-unsaturated/α-hetero) is 1. The number of ketones is 1. The summed E-state index contributed by atoms with van der Waals surface area (Å²) in [6, 6.07) is 0. The topological polar surface area (TPSA) is 26.3 Å². The largest absolute Gasteiger partial charge is 0.380 e. The highest BCUT2D eigenvalue weighted by Gasteiger charge is 2.48. The van der Waals surface area contributed by atoms with Gasteiger partial charge in [0, 0.05) is 18.3 Å². The van der Waals surface area contributed by atoms with Gasteiger partial charge in [-0.1, -0.05) is 13.8 Å². The van der Waals surface area contributed by atoms with E-state index in [1.807, 2.05) is 0 Å². The van der Waals surface area contributed by atoms with Crippen LogP contribution < -0.4 is 0 Å².